The van der Waals surface area contributed by atoms with E-state index < -0.39 is 0 Å². The minimum Gasteiger partial charge on any atom is -0.394 e. The van der Waals surface area contributed by atoms with E-state index in [0.29, 0.717) is 13.1 Å². The van der Waals surface area contributed by atoms with Gasteiger partial charge < -0.3 is 10.4 Å². The van der Waals surface area contributed by atoms with Crippen LogP contribution in [0.2, 0.25) is 0 Å². The molecule has 24 heavy (non-hydrogen) atoms. The predicted molar refractivity (Wildman–Crippen MR) is 91.8 cm³/mol. The molecule has 1 aromatic heterocycles. The molecule has 0 aliphatic carbocycles. The molecule has 0 spiro atoms. The van der Waals surface area contributed by atoms with Crippen LogP contribution in [0.1, 0.15) is 41.9 Å². The van der Waals surface area contributed by atoms with E-state index in [1.54, 1.807) is 16.8 Å². The van der Waals surface area contributed by atoms with Gasteiger partial charge in [-0.15, -0.1) is 0 Å². The van der Waals surface area contributed by atoms with Gasteiger partial charge in [-0.25, -0.2) is 0 Å². The molecule has 1 aromatic carbocycles. The highest BCUT2D eigenvalue weighted by molar-refractivity contribution is 5.36. The maximum absolute atomic E-state index is 11.0. The molecule has 1 atom stereocenters. The van der Waals surface area contributed by atoms with Crippen LogP contribution in [0, 0.1) is 24.0 Å². The number of benzene rings is 1. The van der Waals surface area contributed by atoms with Crippen molar-refractivity contribution in [2.24, 2.45) is 0 Å². The summed E-state index contributed by atoms with van der Waals surface area (Å²) in [6, 6.07) is 6.78. The minimum absolute atomic E-state index is 0.0323. The molecular weight excluding hydrogens is 308 g/mol. The first kappa shape index (κ1) is 18.1. The number of hydrogen-bond acceptors (Lipinski definition) is 5. The van der Waals surface area contributed by atoms with E-state index in [0.717, 1.165) is 28.9 Å². The maximum atomic E-state index is 11.0. The summed E-state index contributed by atoms with van der Waals surface area (Å²) in [5, 5.41) is 27.9. The Morgan fingerprint density at radius 3 is 2.79 bits per heavy atom. The van der Waals surface area contributed by atoms with Gasteiger partial charge in [0.15, 0.2) is 0 Å². The average molecular weight is 332 g/mol. The fraction of sp³-hybridized carbons (Fsp3) is 0.471. The van der Waals surface area contributed by atoms with Gasteiger partial charge in [-0.05, 0) is 25.8 Å². The number of aliphatic hydroxyl groups excluding tert-OH is 1. The Kier molecular flexibility index (Phi) is 6.05. The number of aromatic nitrogens is 2. The van der Waals surface area contributed by atoms with Crippen LogP contribution in [-0.2, 0) is 13.1 Å². The predicted octanol–water partition coefficient (Wildman–Crippen LogP) is 2.64. The summed E-state index contributed by atoms with van der Waals surface area (Å²) in [6.45, 7) is 7.15. The van der Waals surface area contributed by atoms with Gasteiger partial charge in [0, 0.05) is 36.0 Å². The quantitative estimate of drug-likeness (QED) is 0.572. The summed E-state index contributed by atoms with van der Waals surface area (Å²) >= 11 is 0. The Bertz CT molecular complexity index is 712. The third-order valence-corrected chi connectivity index (χ3v) is 4.26. The van der Waals surface area contributed by atoms with Crippen molar-refractivity contribution in [1.82, 2.24) is 15.1 Å². The number of aryl methyl sites for hydroxylation is 1. The highest BCUT2D eigenvalue weighted by Crippen LogP contribution is 2.23. The summed E-state index contributed by atoms with van der Waals surface area (Å²) in [7, 11) is 0. The van der Waals surface area contributed by atoms with Crippen LogP contribution < -0.4 is 5.32 Å². The lowest BCUT2D eigenvalue weighted by molar-refractivity contribution is -0.384. The van der Waals surface area contributed by atoms with Crippen molar-refractivity contribution in [3.63, 3.8) is 0 Å². The molecule has 0 aliphatic rings. The Labute approximate surface area is 141 Å². The van der Waals surface area contributed by atoms with E-state index in [4.69, 9.17) is 5.11 Å². The molecule has 2 rings (SSSR count). The van der Waals surface area contributed by atoms with E-state index in [9.17, 15) is 10.1 Å². The summed E-state index contributed by atoms with van der Waals surface area (Å²) in [4.78, 5) is 10.6. The van der Waals surface area contributed by atoms with Crippen molar-refractivity contribution in [3.05, 3.63) is 56.9 Å². The molecule has 2 N–H and O–H groups in total. The van der Waals surface area contributed by atoms with Crippen LogP contribution in [-0.4, -0.2) is 26.4 Å². The molecule has 0 bridgehead atoms. The first-order valence-corrected chi connectivity index (χ1v) is 8.09. The lowest BCUT2D eigenvalue weighted by atomic mass is 10.0. The van der Waals surface area contributed by atoms with E-state index >= 15 is 0 Å². The third kappa shape index (κ3) is 3.98. The number of nitro benzene ring substituents is 1. The molecule has 0 fully saturated rings. The molecule has 130 valence electrons. The first-order chi connectivity index (χ1) is 11.5. The molecule has 7 nitrogen and oxygen atoms in total. The molecule has 0 aliphatic heterocycles. The highest BCUT2D eigenvalue weighted by atomic mass is 16.6. The van der Waals surface area contributed by atoms with Gasteiger partial charge in [-0.3, -0.25) is 14.8 Å². The van der Waals surface area contributed by atoms with Crippen molar-refractivity contribution in [2.45, 2.75) is 46.3 Å². The van der Waals surface area contributed by atoms with Crippen LogP contribution in [0.5, 0.6) is 0 Å². The fourth-order valence-electron chi connectivity index (χ4n) is 2.88. The van der Waals surface area contributed by atoms with Gasteiger partial charge in [0.25, 0.3) is 5.69 Å². The molecule has 0 radical (unpaired) electrons. The van der Waals surface area contributed by atoms with Gasteiger partial charge in [0.05, 0.1) is 23.8 Å². The lowest BCUT2D eigenvalue weighted by Crippen LogP contribution is -2.21. The van der Waals surface area contributed by atoms with Crippen LogP contribution in [0.3, 0.4) is 0 Å². The summed E-state index contributed by atoms with van der Waals surface area (Å²) < 4.78 is 1.81. The molecular formula is C17H24N4O3. The number of nitrogens with one attached hydrogen (secondary N) is 1. The lowest BCUT2D eigenvalue weighted by Gasteiger charge is -2.17. The van der Waals surface area contributed by atoms with Crippen molar-refractivity contribution in [1.29, 1.82) is 0 Å². The Hall–Kier alpha value is -2.25. The zero-order valence-electron chi connectivity index (χ0n) is 14.3. The zero-order valence-corrected chi connectivity index (χ0v) is 14.3. The van der Waals surface area contributed by atoms with E-state index in [2.05, 4.69) is 10.4 Å². The van der Waals surface area contributed by atoms with Crippen LogP contribution in [0.25, 0.3) is 0 Å². The maximum Gasteiger partial charge on any atom is 0.269 e. The normalized spacial score (nSPS) is 12.3. The number of hydrogen-bond donors (Lipinski definition) is 2. The Morgan fingerprint density at radius 2 is 2.17 bits per heavy atom. The molecule has 0 amide bonds. The van der Waals surface area contributed by atoms with Gasteiger partial charge in [-0.1, -0.05) is 19.1 Å². The minimum atomic E-state index is -0.372. The van der Waals surface area contributed by atoms with Crippen LogP contribution >= 0.6 is 0 Å². The van der Waals surface area contributed by atoms with E-state index in [1.165, 1.54) is 6.07 Å². The number of nitro groups is 1. The van der Waals surface area contributed by atoms with Gasteiger partial charge in [-0.2, -0.15) is 5.10 Å². The third-order valence-electron chi connectivity index (χ3n) is 4.26. The Morgan fingerprint density at radius 1 is 1.42 bits per heavy atom. The van der Waals surface area contributed by atoms with Crippen LogP contribution in [0.15, 0.2) is 24.3 Å². The molecule has 7 heteroatoms. The second kappa shape index (κ2) is 8.03. The second-order valence-corrected chi connectivity index (χ2v) is 5.79. The summed E-state index contributed by atoms with van der Waals surface area (Å²) in [5.41, 5.74) is 4.08. The van der Waals surface area contributed by atoms with E-state index in [-0.39, 0.29) is 23.3 Å². The zero-order chi connectivity index (χ0) is 17.7. The van der Waals surface area contributed by atoms with Crippen molar-refractivity contribution >= 4 is 5.69 Å². The number of non-ortho nitro benzene ring substituents is 1. The fourth-order valence-corrected chi connectivity index (χ4v) is 2.88. The topological polar surface area (TPSA) is 93.2 Å². The second-order valence-electron chi connectivity index (χ2n) is 5.79. The van der Waals surface area contributed by atoms with Gasteiger partial charge >= 0.3 is 0 Å². The summed E-state index contributed by atoms with van der Waals surface area (Å²) in [6.07, 6.45) is 0.823. The molecule has 0 saturated carbocycles. The number of nitrogens with zero attached hydrogens (tertiary/aromatic N) is 3. The average Bonchev–Trinajstić information content (AvgIpc) is 2.83. The Balaban J connectivity index is 2.15. The van der Waals surface area contributed by atoms with Crippen molar-refractivity contribution in [3.8, 4) is 0 Å². The first-order valence-electron chi connectivity index (χ1n) is 8.09. The number of aliphatic hydroxyl groups is 1. The van der Waals surface area contributed by atoms with Crippen LogP contribution in [0.4, 0.5) is 5.69 Å². The van der Waals surface area contributed by atoms with Gasteiger partial charge in [0.1, 0.15) is 0 Å². The monoisotopic (exact) mass is 332 g/mol. The largest absolute Gasteiger partial charge is 0.394 e. The summed E-state index contributed by atoms with van der Waals surface area (Å²) in [5.74, 6) is 0. The SMILES string of the molecule is CCC(NCc1c(C)nn(CCO)c1C)c1cccc([N+](=O)[O-])c1. The molecule has 1 unspecified atom stereocenters. The van der Waals surface area contributed by atoms with E-state index in [1.807, 2.05) is 26.8 Å². The van der Waals surface area contributed by atoms with Gasteiger partial charge in [0.2, 0.25) is 0 Å². The smallest absolute Gasteiger partial charge is 0.269 e. The standard InChI is InChI=1S/C17H24N4O3/c1-4-17(14-6-5-7-15(10-14)21(23)24)18-11-16-12(2)19-20(8-9-22)13(16)3/h5-7,10,17-18,22H,4,8-9,11H2,1-3H3. The highest BCUT2D eigenvalue weighted by Gasteiger charge is 2.16. The van der Waals surface area contributed by atoms with Crippen molar-refractivity contribution < 1.29 is 10.0 Å². The molecule has 1 heterocycles. The molecule has 2 aromatic rings. The number of rotatable bonds is 8. The van der Waals surface area contributed by atoms with Crippen molar-refractivity contribution in [2.75, 3.05) is 6.61 Å². The molecule has 0 saturated heterocycles.